The molecule has 1 amide bonds. The van der Waals surface area contributed by atoms with E-state index >= 15 is 0 Å². The minimum atomic E-state index is -0.191. The van der Waals surface area contributed by atoms with Crippen LogP contribution in [0.4, 0.5) is 0 Å². The molecular weight excluding hydrogens is 510 g/mol. The number of thioether (sulfide) groups is 1. The highest BCUT2D eigenvalue weighted by Gasteiger charge is 2.10. The van der Waals surface area contributed by atoms with Crippen molar-refractivity contribution in [2.24, 2.45) is 5.10 Å². The molecule has 6 rings (SSSR count). The molecule has 0 saturated heterocycles. The molecule has 0 bridgehead atoms. The monoisotopic (exact) mass is 533 g/mol. The molecule has 38 heavy (non-hydrogen) atoms. The van der Waals surface area contributed by atoms with Gasteiger partial charge in [0.05, 0.1) is 22.2 Å². The van der Waals surface area contributed by atoms with Gasteiger partial charge in [-0.1, -0.05) is 96.7 Å². The molecule has 0 radical (unpaired) electrons. The van der Waals surface area contributed by atoms with Crippen LogP contribution in [0.2, 0.25) is 0 Å². The Kier molecular flexibility index (Phi) is 7.02. The highest BCUT2D eigenvalue weighted by atomic mass is 32.2. The maximum absolute atomic E-state index is 12.5. The van der Waals surface area contributed by atoms with E-state index in [-0.39, 0.29) is 11.7 Å². The fourth-order valence-electron chi connectivity index (χ4n) is 4.35. The molecule has 0 aliphatic heterocycles. The third kappa shape index (κ3) is 5.25. The Bertz CT molecular complexity index is 1760. The highest BCUT2D eigenvalue weighted by molar-refractivity contribution is 8.01. The predicted octanol–water partition coefficient (Wildman–Crippen LogP) is 7.42. The van der Waals surface area contributed by atoms with Crippen molar-refractivity contribution in [1.29, 1.82) is 0 Å². The summed E-state index contributed by atoms with van der Waals surface area (Å²) in [4.78, 5) is 17.1. The molecule has 0 aliphatic carbocycles. The number of nitrogens with zero attached hydrogens (tertiary/aromatic N) is 2. The lowest BCUT2D eigenvalue weighted by Crippen LogP contribution is -2.19. The summed E-state index contributed by atoms with van der Waals surface area (Å²) in [6.07, 6.45) is 1.67. The van der Waals surface area contributed by atoms with E-state index in [1.54, 1.807) is 17.6 Å². The molecule has 0 unspecified atom stereocenters. The van der Waals surface area contributed by atoms with Gasteiger partial charge in [0.15, 0.2) is 4.34 Å². The summed E-state index contributed by atoms with van der Waals surface area (Å²) in [5, 5.41) is 8.71. The van der Waals surface area contributed by atoms with Crippen LogP contribution in [0, 0.1) is 0 Å². The predicted molar refractivity (Wildman–Crippen MR) is 158 cm³/mol. The maximum Gasteiger partial charge on any atom is 0.250 e. The third-order valence-corrected chi connectivity index (χ3v) is 8.36. The largest absolute Gasteiger partial charge is 0.488 e. The number of thiazole rings is 1. The van der Waals surface area contributed by atoms with E-state index in [4.69, 9.17) is 4.74 Å². The van der Waals surface area contributed by atoms with Gasteiger partial charge in [-0.2, -0.15) is 5.10 Å². The normalized spacial score (nSPS) is 11.5. The fourth-order valence-corrected chi connectivity index (χ4v) is 6.21. The molecule has 7 heteroatoms. The lowest BCUT2D eigenvalue weighted by atomic mass is 10.0. The minimum Gasteiger partial charge on any atom is -0.488 e. The first-order valence-corrected chi connectivity index (χ1v) is 14.0. The van der Waals surface area contributed by atoms with E-state index in [1.165, 1.54) is 22.5 Å². The average molecular weight is 534 g/mol. The van der Waals surface area contributed by atoms with Crippen LogP contribution in [0.3, 0.4) is 0 Å². The Morgan fingerprint density at radius 2 is 1.61 bits per heavy atom. The van der Waals surface area contributed by atoms with Crippen LogP contribution in [0.5, 0.6) is 5.75 Å². The topological polar surface area (TPSA) is 63.6 Å². The standard InChI is InChI=1S/C31H23N3O2S2/c35-30(20-37-31-33-27-14-5-6-15-29(27)38-31)34-32-18-26-25-13-4-2-9-22(25)16-17-28(26)36-19-23-11-7-10-21-8-1-3-12-24(21)23/h1-18H,19-20H2,(H,34,35)/b32-18-. The maximum atomic E-state index is 12.5. The van der Waals surface area contributed by atoms with Crippen molar-refractivity contribution in [2.75, 3.05) is 5.75 Å². The van der Waals surface area contributed by atoms with Crippen molar-refractivity contribution in [1.82, 2.24) is 10.4 Å². The number of nitrogens with one attached hydrogen (secondary N) is 1. The molecule has 5 nitrogen and oxygen atoms in total. The first kappa shape index (κ1) is 24.2. The summed E-state index contributed by atoms with van der Waals surface area (Å²) in [7, 11) is 0. The Morgan fingerprint density at radius 1 is 0.868 bits per heavy atom. The number of carbonyl (C=O) groups excluding carboxylic acids is 1. The van der Waals surface area contributed by atoms with Crippen LogP contribution in [0.1, 0.15) is 11.1 Å². The number of para-hydroxylation sites is 1. The van der Waals surface area contributed by atoms with Crippen molar-refractivity contribution in [3.8, 4) is 5.75 Å². The van der Waals surface area contributed by atoms with Crippen LogP contribution in [0.25, 0.3) is 31.8 Å². The van der Waals surface area contributed by atoms with Crippen LogP contribution in [-0.2, 0) is 11.4 Å². The van der Waals surface area contributed by atoms with E-state index < -0.39 is 0 Å². The van der Waals surface area contributed by atoms with Gasteiger partial charge in [-0.05, 0) is 45.3 Å². The summed E-state index contributed by atoms with van der Waals surface area (Å²) in [6.45, 7) is 0.422. The van der Waals surface area contributed by atoms with Crippen molar-refractivity contribution >= 4 is 67.0 Å². The summed E-state index contributed by atoms with van der Waals surface area (Å²) < 4.78 is 8.29. The first-order chi connectivity index (χ1) is 18.7. The smallest absolute Gasteiger partial charge is 0.250 e. The Morgan fingerprint density at radius 3 is 2.47 bits per heavy atom. The molecule has 5 aromatic carbocycles. The Balaban J connectivity index is 1.18. The molecule has 0 atom stereocenters. The van der Waals surface area contributed by atoms with Gasteiger partial charge >= 0.3 is 0 Å². The van der Waals surface area contributed by atoms with Gasteiger partial charge in [-0.25, -0.2) is 10.4 Å². The van der Waals surface area contributed by atoms with Gasteiger partial charge < -0.3 is 4.74 Å². The van der Waals surface area contributed by atoms with Crippen LogP contribution in [-0.4, -0.2) is 22.9 Å². The molecule has 1 heterocycles. The number of ether oxygens (including phenoxy) is 1. The van der Waals surface area contributed by atoms with Crippen molar-refractivity contribution in [2.45, 2.75) is 10.9 Å². The molecule has 0 fully saturated rings. The number of fused-ring (bicyclic) bond motifs is 3. The number of benzene rings is 5. The number of rotatable bonds is 8. The van der Waals surface area contributed by atoms with Gasteiger partial charge in [0.25, 0.3) is 5.91 Å². The molecule has 6 aromatic rings. The number of carbonyl (C=O) groups is 1. The first-order valence-electron chi connectivity index (χ1n) is 12.2. The molecule has 0 aliphatic rings. The molecule has 186 valence electrons. The quantitative estimate of drug-likeness (QED) is 0.126. The van der Waals surface area contributed by atoms with E-state index in [2.05, 4.69) is 39.8 Å². The van der Waals surface area contributed by atoms with E-state index in [1.807, 2.05) is 78.9 Å². The second-order valence-corrected chi connectivity index (χ2v) is 10.9. The summed E-state index contributed by atoms with van der Waals surface area (Å²) in [5.41, 5.74) is 5.54. The number of amides is 1. The van der Waals surface area contributed by atoms with Crippen LogP contribution < -0.4 is 10.2 Å². The van der Waals surface area contributed by atoms with E-state index in [0.717, 1.165) is 36.5 Å². The SMILES string of the molecule is O=C(CSc1nc2ccccc2s1)N/N=C\c1c(OCc2cccc3ccccc23)ccc2ccccc12. The second-order valence-electron chi connectivity index (χ2n) is 8.65. The summed E-state index contributed by atoms with van der Waals surface area (Å²) in [5.74, 6) is 0.749. The molecule has 0 spiro atoms. The summed E-state index contributed by atoms with van der Waals surface area (Å²) in [6, 6.07) is 34.6. The average Bonchev–Trinajstić information content (AvgIpc) is 3.38. The van der Waals surface area contributed by atoms with Crippen LogP contribution >= 0.6 is 23.1 Å². The highest BCUT2D eigenvalue weighted by Crippen LogP contribution is 2.30. The Labute approximate surface area is 228 Å². The van der Waals surface area contributed by atoms with Gasteiger partial charge in [0.1, 0.15) is 12.4 Å². The van der Waals surface area contributed by atoms with Gasteiger partial charge in [0, 0.05) is 5.56 Å². The van der Waals surface area contributed by atoms with Gasteiger partial charge in [0.2, 0.25) is 0 Å². The van der Waals surface area contributed by atoms with E-state index in [0.29, 0.717) is 12.4 Å². The van der Waals surface area contributed by atoms with Gasteiger partial charge in [-0.3, -0.25) is 4.79 Å². The Hall–Kier alpha value is -4.20. The van der Waals surface area contributed by atoms with Crippen molar-refractivity contribution < 1.29 is 9.53 Å². The fraction of sp³-hybridized carbons (Fsp3) is 0.0645. The number of hydrogen-bond acceptors (Lipinski definition) is 6. The van der Waals surface area contributed by atoms with Crippen molar-refractivity contribution in [3.05, 3.63) is 114 Å². The number of hydrazone groups is 1. The zero-order valence-electron chi connectivity index (χ0n) is 20.3. The molecule has 0 saturated carbocycles. The number of hydrogen-bond donors (Lipinski definition) is 1. The molecule has 1 N–H and O–H groups in total. The zero-order valence-corrected chi connectivity index (χ0v) is 22.0. The van der Waals surface area contributed by atoms with Crippen LogP contribution in [0.15, 0.2) is 113 Å². The third-order valence-electron chi connectivity index (χ3n) is 6.18. The van der Waals surface area contributed by atoms with Crippen molar-refractivity contribution in [3.63, 3.8) is 0 Å². The lowest BCUT2D eigenvalue weighted by Gasteiger charge is -2.13. The second kappa shape index (κ2) is 11.0. The zero-order chi connectivity index (χ0) is 25.7. The number of aromatic nitrogens is 1. The molecular formula is C31H23N3O2S2. The minimum absolute atomic E-state index is 0.191. The lowest BCUT2D eigenvalue weighted by molar-refractivity contribution is -0.118. The summed E-state index contributed by atoms with van der Waals surface area (Å²) >= 11 is 2.99. The van der Waals surface area contributed by atoms with E-state index in [9.17, 15) is 4.79 Å². The van der Waals surface area contributed by atoms with Gasteiger partial charge in [-0.15, -0.1) is 11.3 Å². The molecule has 1 aromatic heterocycles.